The third kappa shape index (κ3) is 5.74. The fraction of sp³-hybridized carbons (Fsp3) is 0.160. The van der Waals surface area contributed by atoms with Crippen LogP contribution < -0.4 is 10.1 Å². The van der Waals surface area contributed by atoms with Crippen molar-refractivity contribution in [2.45, 2.75) is 23.8 Å². The van der Waals surface area contributed by atoms with Crippen LogP contribution in [0.25, 0.3) is 5.69 Å². The van der Waals surface area contributed by atoms with E-state index >= 15 is 0 Å². The monoisotopic (exact) mass is 478 g/mol. The molecule has 6 nitrogen and oxygen atoms in total. The van der Waals surface area contributed by atoms with Gasteiger partial charge >= 0.3 is 0 Å². The van der Waals surface area contributed by atoms with Crippen LogP contribution in [0.4, 0.5) is 5.69 Å². The van der Waals surface area contributed by atoms with Crippen LogP contribution >= 0.6 is 23.4 Å². The Morgan fingerprint density at radius 1 is 1.03 bits per heavy atom. The Morgan fingerprint density at radius 3 is 2.39 bits per heavy atom. The lowest BCUT2D eigenvalue weighted by molar-refractivity contribution is -0.115. The summed E-state index contributed by atoms with van der Waals surface area (Å²) < 4.78 is 7.14. The molecule has 168 valence electrons. The van der Waals surface area contributed by atoms with Crippen LogP contribution in [0, 0.1) is 0 Å². The molecule has 1 amide bonds. The molecular weight excluding hydrogens is 456 g/mol. The second kappa shape index (κ2) is 10.6. The van der Waals surface area contributed by atoms with Gasteiger partial charge in [-0.25, -0.2) is 0 Å². The van der Waals surface area contributed by atoms with E-state index in [4.69, 9.17) is 16.3 Å². The summed E-state index contributed by atoms with van der Waals surface area (Å²) in [5, 5.41) is 12.7. The Morgan fingerprint density at radius 2 is 1.73 bits per heavy atom. The lowest BCUT2D eigenvalue weighted by atomic mass is 10.1. The van der Waals surface area contributed by atoms with E-state index in [9.17, 15) is 4.79 Å². The zero-order valence-corrected chi connectivity index (χ0v) is 19.8. The van der Waals surface area contributed by atoms with E-state index in [0.29, 0.717) is 22.3 Å². The van der Waals surface area contributed by atoms with Crippen LogP contribution in [-0.4, -0.2) is 33.0 Å². The SMILES string of the molecule is COc1ccc(NC(=O)C(C)Sc2nnc(Cc3ccccc3)n2-c2ccc(Cl)cc2)cc1. The first-order valence-corrected chi connectivity index (χ1v) is 11.6. The molecule has 3 aromatic carbocycles. The molecule has 8 heteroatoms. The normalized spacial score (nSPS) is 11.7. The van der Waals surface area contributed by atoms with Crippen molar-refractivity contribution in [2.24, 2.45) is 0 Å². The summed E-state index contributed by atoms with van der Waals surface area (Å²) >= 11 is 7.45. The van der Waals surface area contributed by atoms with Gasteiger partial charge in [0.15, 0.2) is 5.16 Å². The maximum Gasteiger partial charge on any atom is 0.237 e. The summed E-state index contributed by atoms with van der Waals surface area (Å²) in [5.74, 6) is 1.40. The molecule has 1 atom stereocenters. The van der Waals surface area contributed by atoms with Crippen LogP contribution in [0.5, 0.6) is 5.75 Å². The number of halogens is 1. The first kappa shape index (κ1) is 22.9. The van der Waals surface area contributed by atoms with Gasteiger partial charge in [0.25, 0.3) is 0 Å². The van der Waals surface area contributed by atoms with Gasteiger partial charge in [-0.05, 0) is 61.0 Å². The number of methoxy groups -OCH3 is 1. The second-order valence-corrected chi connectivity index (χ2v) is 9.10. The molecule has 33 heavy (non-hydrogen) atoms. The van der Waals surface area contributed by atoms with E-state index in [1.54, 1.807) is 19.2 Å². The zero-order chi connectivity index (χ0) is 23.2. The summed E-state index contributed by atoms with van der Waals surface area (Å²) in [7, 11) is 1.61. The second-order valence-electron chi connectivity index (χ2n) is 7.35. The van der Waals surface area contributed by atoms with E-state index in [0.717, 1.165) is 22.8 Å². The number of nitrogens with one attached hydrogen (secondary N) is 1. The van der Waals surface area contributed by atoms with Crippen LogP contribution in [0.15, 0.2) is 84.0 Å². The number of rotatable bonds is 8. The summed E-state index contributed by atoms with van der Waals surface area (Å²) in [6, 6.07) is 24.8. The molecule has 0 saturated carbocycles. The van der Waals surface area contributed by atoms with Crippen LogP contribution in [0.1, 0.15) is 18.3 Å². The number of carbonyl (C=O) groups is 1. The van der Waals surface area contributed by atoms with Crippen molar-refractivity contribution in [3.8, 4) is 11.4 Å². The van der Waals surface area contributed by atoms with Gasteiger partial charge in [0.2, 0.25) is 5.91 Å². The van der Waals surface area contributed by atoms with Crippen molar-refractivity contribution in [2.75, 3.05) is 12.4 Å². The molecule has 0 radical (unpaired) electrons. The molecule has 4 aromatic rings. The molecule has 0 aliphatic rings. The molecule has 0 bridgehead atoms. The quantitative estimate of drug-likeness (QED) is 0.332. The first-order valence-electron chi connectivity index (χ1n) is 10.4. The molecule has 1 unspecified atom stereocenters. The molecule has 0 spiro atoms. The maximum atomic E-state index is 12.8. The van der Waals surface area contributed by atoms with Crippen LogP contribution in [0.3, 0.4) is 0 Å². The molecular formula is C25H23ClN4O2S. The summed E-state index contributed by atoms with van der Waals surface area (Å²) in [4.78, 5) is 12.8. The minimum absolute atomic E-state index is 0.125. The largest absolute Gasteiger partial charge is 0.497 e. The zero-order valence-electron chi connectivity index (χ0n) is 18.2. The Labute approximate surface area is 202 Å². The summed E-state index contributed by atoms with van der Waals surface area (Å²) in [5.41, 5.74) is 2.72. The fourth-order valence-electron chi connectivity index (χ4n) is 3.25. The highest BCUT2D eigenvalue weighted by Gasteiger charge is 2.21. The van der Waals surface area contributed by atoms with Crippen molar-refractivity contribution in [3.05, 3.63) is 95.3 Å². The standard InChI is InChI=1S/C25H23ClN4O2S/c1-17(24(31)27-20-10-14-22(32-2)15-11-20)33-25-29-28-23(16-18-6-4-3-5-7-18)30(25)21-12-8-19(26)9-13-21/h3-15,17H,16H2,1-2H3,(H,27,31). The fourth-order valence-corrected chi connectivity index (χ4v) is 4.26. The number of thioether (sulfide) groups is 1. The van der Waals surface area contributed by atoms with E-state index < -0.39 is 5.25 Å². The van der Waals surface area contributed by atoms with Crippen LogP contribution in [0.2, 0.25) is 5.02 Å². The Hall–Kier alpha value is -3.29. The molecule has 0 fully saturated rings. The van der Waals surface area contributed by atoms with Gasteiger partial charge in [-0.1, -0.05) is 53.7 Å². The van der Waals surface area contributed by atoms with E-state index in [1.165, 1.54) is 11.8 Å². The van der Waals surface area contributed by atoms with Crippen molar-refractivity contribution < 1.29 is 9.53 Å². The lowest BCUT2D eigenvalue weighted by Gasteiger charge is -2.14. The predicted molar refractivity (Wildman–Crippen MR) is 133 cm³/mol. The molecule has 1 heterocycles. The van der Waals surface area contributed by atoms with Crippen molar-refractivity contribution in [1.29, 1.82) is 0 Å². The van der Waals surface area contributed by atoms with Gasteiger partial charge in [0, 0.05) is 22.8 Å². The minimum Gasteiger partial charge on any atom is -0.497 e. The number of hydrogen-bond donors (Lipinski definition) is 1. The third-order valence-electron chi connectivity index (χ3n) is 5.00. The molecule has 1 aromatic heterocycles. The average molecular weight is 479 g/mol. The van der Waals surface area contributed by atoms with Crippen molar-refractivity contribution >= 4 is 35.0 Å². The third-order valence-corrected chi connectivity index (χ3v) is 6.29. The van der Waals surface area contributed by atoms with Crippen molar-refractivity contribution in [1.82, 2.24) is 14.8 Å². The number of carbonyl (C=O) groups excluding carboxylic acids is 1. The van der Waals surface area contributed by atoms with Gasteiger partial charge < -0.3 is 10.1 Å². The molecule has 0 aliphatic carbocycles. The topological polar surface area (TPSA) is 69.0 Å². The highest BCUT2D eigenvalue weighted by molar-refractivity contribution is 8.00. The summed E-state index contributed by atoms with van der Waals surface area (Å²) in [6.07, 6.45) is 0.615. The molecule has 0 aliphatic heterocycles. The molecule has 4 rings (SSSR count). The summed E-state index contributed by atoms with van der Waals surface area (Å²) in [6.45, 7) is 1.85. The van der Waals surface area contributed by atoms with Crippen LogP contribution in [-0.2, 0) is 11.2 Å². The average Bonchev–Trinajstić information content (AvgIpc) is 3.22. The van der Waals surface area contributed by atoms with E-state index in [-0.39, 0.29) is 5.91 Å². The number of amides is 1. The van der Waals surface area contributed by atoms with Crippen molar-refractivity contribution in [3.63, 3.8) is 0 Å². The highest BCUT2D eigenvalue weighted by atomic mass is 35.5. The minimum atomic E-state index is -0.396. The molecule has 0 saturated heterocycles. The highest BCUT2D eigenvalue weighted by Crippen LogP contribution is 2.28. The number of ether oxygens (including phenoxy) is 1. The first-order chi connectivity index (χ1) is 16.0. The van der Waals surface area contributed by atoms with Gasteiger partial charge in [0.1, 0.15) is 11.6 Å². The number of aromatic nitrogens is 3. The van der Waals surface area contributed by atoms with Gasteiger partial charge in [-0.3, -0.25) is 9.36 Å². The number of nitrogens with zero attached hydrogens (tertiary/aromatic N) is 3. The number of hydrogen-bond acceptors (Lipinski definition) is 5. The Kier molecular flexibility index (Phi) is 7.32. The molecule has 1 N–H and O–H groups in total. The van der Waals surface area contributed by atoms with Gasteiger partial charge in [-0.15, -0.1) is 10.2 Å². The Balaban J connectivity index is 1.56. The van der Waals surface area contributed by atoms with Gasteiger partial charge in [0.05, 0.1) is 12.4 Å². The Bertz CT molecular complexity index is 1210. The smallest absolute Gasteiger partial charge is 0.237 e. The maximum absolute atomic E-state index is 12.8. The number of benzene rings is 3. The van der Waals surface area contributed by atoms with E-state index in [1.807, 2.05) is 66.1 Å². The lowest BCUT2D eigenvalue weighted by Crippen LogP contribution is -2.23. The van der Waals surface area contributed by atoms with E-state index in [2.05, 4.69) is 27.6 Å². The van der Waals surface area contributed by atoms with Gasteiger partial charge in [-0.2, -0.15) is 0 Å². The predicted octanol–water partition coefficient (Wildman–Crippen LogP) is 5.64. The number of anilines is 1.